The van der Waals surface area contributed by atoms with E-state index < -0.39 is 156 Å². The van der Waals surface area contributed by atoms with Crippen LogP contribution in [0.3, 0.4) is 0 Å². The van der Waals surface area contributed by atoms with Gasteiger partial charge in [-0.3, -0.25) is 57.7 Å². The van der Waals surface area contributed by atoms with Gasteiger partial charge in [-0.2, -0.15) is 0 Å². The van der Waals surface area contributed by atoms with E-state index in [2.05, 4.69) is 68.5 Å². The highest BCUT2D eigenvalue weighted by atomic mass is 16.4. The van der Waals surface area contributed by atoms with Gasteiger partial charge in [0, 0.05) is 42.9 Å². The SMILES string of the molecule is CC[C@H](C)[C@H](NC(=O)[C@H](CC(C)C)NC(=O)[C@H](CC(C)C)NC(=O)[C@H](Cc1ccccc1)NC(=O)[C@H](Cc1ccc(O)cc1)NC(=O)[C@H](C)NC(=O)[C@@H](N)[C@@H](C)O)C(=O)N[C@@H](CC(C)C)C(=O)N[C@@H](C)C(=O)NCC(=O)N[C@@H](CCCN=C(N)N)C(=O)N[C@@H](Cc1c[nH]c2ccccc12)C(=O)O. The smallest absolute Gasteiger partial charge is 0.326 e. The standard InChI is InChI=1S/C71H106N16O15/c1-12-40(8)59(69(100)85-51(29-37(2)3)63(94)78-41(9)60(91)77-36-57(90)80-50(23-18-28-75-71(73)74)62(93)86-56(70(101)102)34-46-35-76-49-22-17-16-21-48(46)49)87-67(98)53(31-39(6)7)83-64(95)52(30-38(4)5)82-66(97)55(32-44-19-14-13-15-20-44)84-65(96)54(33-45-24-26-47(89)27-25-45)81-61(92)42(10)79-68(99)58(72)43(11)88/h13-17,19-22,24-27,35,37-43,50-56,58-59,76,88-89H,12,18,23,28-34,36,72H2,1-11H3,(H,77,91)(H,78,94)(H,79,99)(H,80,90)(H,81,92)(H,82,97)(H,83,95)(H,84,96)(H,85,100)(H,86,93)(H,87,98)(H,101,102)(H4,73,74,75)/t40-,41-,42-,43+,50-,51-,52-,53-,54-,55-,56-,58-,59-/m0/s1. The van der Waals surface area contributed by atoms with E-state index in [1.54, 1.807) is 76.4 Å². The predicted octanol–water partition coefficient (Wildman–Crippen LogP) is -0.0639. The molecule has 31 nitrogen and oxygen atoms in total. The van der Waals surface area contributed by atoms with Crippen molar-refractivity contribution in [1.82, 2.24) is 63.5 Å². The van der Waals surface area contributed by atoms with E-state index in [-0.39, 0.29) is 87.4 Å². The fraction of sp³-hybridized carbons (Fsp3) is 0.535. The molecule has 0 spiro atoms. The first-order valence-corrected chi connectivity index (χ1v) is 34.5. The number of aliphatic hydroxyl groups is 1. The number of aliphatic hydroxyl groups excluding tert-OH is 1. The zero-order valence-corrected chi connectivity index (χ0v) is 60.0. The van der Waals surface area contributed by atoms with Crippen LogP contribution in [0, 0.1) is 23.7 Å². The van der Waals surface area contributed by atoms with Gasteiger partial charge in [-0.1, -0.05) is 122 Å². The number of carboxylic acid groups (broad SMARTS) is 1. The van der Waals surface area contributed by atoms with Gasteiger partial charge < -0.3 is 96.0 Å². The molecule has 102 heavy (non-hydrogen) atoms. The first-order chi connectivity index (χ1) is 48.1. The lowest BCUT2D eigenvalue weighted by atomic mass is 9.95. The molecule has 0 aliphatic heterocycles. The number of carbonyl (C=O) groups excluding carboxylic acids is 11. The van der Waals surface area contributed by atoms with E-state index in [9.17, 15) is 72.9 Å². The second-order valence-electron chi connectivity index (χ2n) is 27.1. The van der Waals surface area contributed by atoms with Crippen molar-refractivity contribution in [2.24, 2.45) is 45.9 Å². The molecule has 13 atom stereocenters. The quantitative estimate of drug-likeness (QED) is 0.0157. The maximum Gasteiger partial charge on any atom is 0.326 e. The van der Waals surface area contributed by atoms with Crippen LogP contribution < -0.4 is 75.7 Å². The molecule has 0 saturated heterocycles. The van der Waals surface area contributed by atoms with E-state index in [0.29, 0.717) is 23.1 Å². The van der Waals surface area contributed by atoms with Crippen LogP contribution in [0.4, 0.5) is 0 Å². The highest BCUT2D eigenvalue weighted by Gasteiger charge is 2.37. The number of phenols is 1. The molecule has 0 saturated carbocycles. The van der Waals surface area contributed by atoms with Crippen molar-refractivity contribution in [2.45, 2.75) is 207 Å². The molecule has 0 aliphatic carbocycles. The minimum Gasteiger partial charge on any atom is -0.508 e. The van der Waals surface area contributed by atoms with Crippen molar-refractivity contribution in [3.05, 3.63) is 102 Å². The summed E-state index contributed by atoms with van der Waals surface area (Å²) in [6.07, 6.45) is 0.733. The zero-order valence-electron chi connectivity index (χ0n) is 60.0. The summed E-state index contributed by atoms with van der Waals surface area (Å²) in [5.74, 6) is -11.6. The first kappa shape index (κ1) is 84.2. The normalized spacial score (nSPS) is 15.1. The van der Waals surface area contributed by atoms with Crippen LogP contribution in [-0.4, -0.2) is 183 Å². The Morgan fingerprint density at radius 1 is 0.490 bits per heavy atom. The summed E-state index contributed by atoms with van der Waals surface area (Å²) in [5.41, 5.74) is 19.2. The van der Waals surface area contributed by atoms with Crippen LogP contribution in [0.25, 0.3) is 10.9 Å². The second-order valence-corrected chi connectivity index (χ2v) is 27.1. The number of H-pyrrole nitrogens is 1. The molecule has 0 unspecified atom stereocenters. The molecule has 0 fully saturated rings. The predicted molar refractivity (Wildman–Crippen MR) is 383 cm³/mol. The summed E-state index contributed by atoms with van der Waals surface area (Å²) < 4.78 is 0. The topological polar surface area (TPSA) is 504 Å². The molecule has 4 aromatic rings. The molecule has 11 amide bonds. The Labute approximate surface area is 594 Å². The van der Waals surface area contributed by atoms with Crippen LogP contribution in [0.5, 0.6) is 5.75 Å². The summed E-state index contributed by atoms with van der Waals surface area (Å²) in [6.45, 7) is 17.7. The largest absolute Gasteiger partial charge is 0.508 e. The maximum atomic E-state index is 14.7. The maximum absolute atomic E-state index is 14.7. The minimum atomic E-state index is -1.40. The van der Waals surface area contributed by atoms with E-state index in [1.165, 1.54) is 45.0 Å². The Hall–Kier alpha value is -10.2. The van der Waals surface area contributed by atoms with E-state index in [4.69, 9.17) is 17.2 Å². The van der Waals surface area contributed by atoms with Gasteiger partial charge in [-0.25, -0.2) is 4.79 Å². The van der Waals surface area contributed by atoms with E-state index in [0.717, 1.165) is 10.9 Å². The van der Waals surface area contributed by atoms with Crippen molar-refractivity contribution in [3.63, 3.8) is 0 Å². The number of aliphatic carboxylic acids is 1. The average molecular weight is 1420 g/mol. The Morgan fingerprint density at radius 3 is 1.47 bits per heavy atom. The van der Waals surface area contributed by atoms with Crippen LogP contribution in [0.2, 0.25) is 0 Å². The number of benzene rings is 3. The van der Waals surface area contributed by atoms with Crippen molar-refractivity contribution < 1.29 is 72.9 Å². The molecule has 4 rings (SSSR count). The number of phenolic OH excluding ortho intramolecular Hbond substituents is 1. The van der Waals surface area contributed by atoms with E-state index >= 15 is 0 Å². The lowest BCUT2D eigenvalue weighted by molar-refractivity contribution is -0.142. The van der Waals surface area contributed by atoms with Gasteiger partial charge >= 0.3 is 5.97 Å². The molecule has 1 heterocycles. The third-order valence-corrected chi connectivity index (χ3v) is 16.8. The van der Waals surface area contributed by atoms with E-state index in [1.807, 2.05) is 39.8 Å². The number of rotatable bonds is 42. The molecule has 560 valence electrons. The Kier molecular flexibility index (Phi) is 34.3. The van der Waals surface area contributed by atoms with Gasteiger partial charge in [0.05, 0.1) is 12.6 Å². The zero-order chi connectivity index (χ0) is 76.1. The van der Waals surface area contributed by atoms with Crippen molar-refractivity contribution in [3.8, 4) is 5.75 Å². The summed E-state index contributed by atoms with van der Waals surface area (Å²) >= 11 is 0. The van der Waals surface area contributed by atoms with Crippen LogP contribution in [0.1, 0.15) is 131 Å². The number of guanidine groups is 1. The number of nitrogens with two attached hydrogens (primary N) is 3. The monoisotopic (exact) mass is 1420 g/mol. The third kappa shape index (κ3) is 28.5. The van der Waals surface area contributed by atoms with Gasteiger partial charge in [-0.05, 0) is 111 Å². The van der Waals surface area contributed by atoms with Crippen LogP contribution in [0.15, 0.2) is 90.1 Å². The summed E-state index contributed by atoms with van der Waals surface area (Å²) in [6, 6.07) is 7.18. The molecule has 0 aliphatic rings. The van der Waals surface area contributed by atoms with Crippen LogP contribution >= 0.6 is 0 Å². The lowest BCUT2D eigenvalue weighted by Gasteiger charge is -2.30. The number of carbonyl (C=O) groups is 12. The minimum absolute atomic E-state index is 0.0344. The lowest BCUT2D eigenvalue weighted by Crippen LogP contribution is -2.61. The van der Waals surface area contributed by atoms with Gasteiger partial charge in [-0.15, -0.1) is 0 Å². The number of nitrogens with one attached hydrogen (secondary N) is 12. The Bertz CT molecular complexity index is 3510. The number of aromatic nitrogens is 1. The second kappa shape index (κ2) is 41.5. The number of aliphatic imine (C=N–C) groups is 1. The van der Waals surface area contributed by atoms with Gasteiger partial charge in [0.1, 0.15) is 72.2 Å². The molecule has 21 N–H and O–H groups in total. The highest BCUT2D eigenvalue weighted by molar-refractivity contribution is 5.99. The highest BCUT2D eigenvalue weighted by Crippen LogP contribution is 2.21. The molecule has 31 heteroatoms. The van der Waals surface area contributed by atoms with Crippen molar-refractivity contribution in [1.29, 1.82) is 0 Å². The van der Waals surface area contributed by atoms with Crippen LogP contribution in [-0.2, 0) is 76.8 Å². The Balaban J connectivity index is 1.49. The number of hydrogen-bond acceptors (Lipinski definition) is 16. The molecule has 1 aromatic heterocycles. The number of hydrogen-bond donors (Lipinski definition) is 18. The number of amides is 11. The molecule has 0 radical (unpaired) electrons. The van der Waals surface area contributed by atoms with Crippen molar-refractivity contribution in [2.75, 3.05) is 13.1 Å². The number of nitrogens with zero attached hydrogens (tertiary/aromatic N) is 1. The molecular weight excluding hydrogens is 1320 g/mol. The van der Waals surface area contributed by atoms with Gasteiger partial charge in [0.2, 0.25) is 65.0 Å². The molecular formula is C71H106N16O15. The van der Waals surface area contributed by atoms with Gasteiger partial charge in [0.25, 0.3) is 0 Å². The Morgan fingerprint density at radius 2 is 0.941 bits per heavy atom. The number of para-hydroxylation sites is 1. The van der Waals surface area contributed by atoms with Crippen molar-refractivity contribution >= 4 is 87.8 Å². The van der Waals surface area contributed by atoms with Gasteiger partial charge in [0.15, 0.2) is 5.96 Å². The number of fused-ring (bicyclic) bond motifs is 1. The summed E-state index contributed by atoms with van der Waals surface area (Å²) in [7, 11) is 0. The summed E-state index contributed by atoms with van der Waals surface area (Å²) in [5, 5.41) is 59.8. The third-order valence-electron chi connectivity index (χ3n) is 16.8. The molecule has 3 aromatic carbocycles. The first-order valence-electron chi connectivity index (χ1n) is 34.5. The molecule has 0 bridgehead atoms. The average Bonchev–Trinajstić information content (AvgIpc) is 1.62. The fourth-order valence-electron chi connectivity index (χ4n) is 10.9. The summed E-state index contributed by atoms with van der Waals surface area (Å²) in [4.78, 5) is 173. The number of carboxylic acids is 1. The fourth-order valence-corrected chi connectivity index (χ4v) is 10.9. The number of aromatic hydroxyl groups is 1. The number of aromatic amines is 1.